The van der Waals surface area contributed by atoms with Crippen molar-refractivity contribution in [2.75, 3.05) is 0 Å². The highest BCUT2D eigenvalue weighted by Crippen LogP contribution is 2.42. The molecular formula is C42H26N2O. The summed E-state index contributed by atoms with van der Waals surface area (Å²) in [4.78, 5) is 0. The highest BCUT2D eigenvalue weighted by Gasteiger charge is 2.20. The number of benzene rings is 7. The van der Waals surface area contributed by atoms with Crippen molar-refractivity contribution in [3.8, 4) is 22.5 Å². The van der Waals surface area contributed by atoms with Crippen LogP contribution >= 0.6 is 0 Å². The molecule has 0 unspecified atom stereocenters. The fourth-order valence-electron chi connectivity index (χ4n) is 7.33. The van der Waals surface area contributed by atoms with E-state index in [1.54, 1.807) is 0 Å². The van der Waals surface area contributed by atoms with Gasteiger partial charge in [-0.2, -0.15) is 0 Å². The zero-order valence-corrected chi connectivity index (χ0v) is 24.3. The minimum Gasteiger partial charge on any atom is -0.455 e. The first-order chi connectivity index (χ1) is 22.3. The van der Waals surface area contributed by atoms with Gasteiger partial charge in [0.25, 0.3) is 0 Å². The molecule has 3 nitrogen and oxygen atoms in total. The molecule has 0 aliphatic rings. The normalized spacial score (nSPS) is 12.0. The Bertz CT molecular complexity index is 2740. The van der Waals surface area contributed by atoms with Crippen molar-refractivity contribution >= 4 is 65.6 Å². The van der Waals surface area contributed by atoms with Gasteiger partial charge in [0, 0.05) is 38.3 Å². The third-order valence-electron chi connectivity index (χ3n) is 9.31. The molecule has 3 heteroatoms. The van der Waals surface area contributed by atoms with Crippen LogP contribution in [-0.2, 0) is 0 Å². The van der Waals surface area contributed by atoms with Crippen LogP contribution in [0.1, 0.15) is 0 Å². The number of aromatic nitrogens is 2. The minimum atomic E-state index is 0.914. The van der Waals surface area contributed by atoms with Crippen LogP contribution in [0.5, 0.6) is 0 Å². The van der Waals surface area contributed by atoms with Gasteiger partial charge in [-0.05, 0) is 71.8 Å². The van der Waals surface area contributed by atoms with Crippen molar-refractivity contribution in [3.63, 3.8) is 0 Å². The lowest BCUT2D eigenvalue weighted by Crippen LogP contribution is -1.95. The predicted molar refractivity (Wildman–Crippen MR) is 188 cm³/mol. The number of nitrogens with zero attached hydrogens (tertiary/aromatic N) is 2. The maximum atomic E-state index is 6.60. The summed E-state index contributed by atoms with van der Waals surface area (Å²) in [6.07, 6.45) is 0. The molecule has 10 rings (SSSR count). The Kier molecular flexibility index (Phi) is 5.00. The lowest BCUT2D eigenvalue weighted by Gasteiger charge is -2.11. The molecule has 45 heavy (non-hydrogen) atoms. The molecule has 0 aliphatic heterocycles. The second kappa shape index (κ2) is 9.22. The maximum Gasteiger partial charge on any atom is 0.145 e. The van der Waals surface area contributed by atoms with E-state index in [9.17, 15) is 0 Å². The van der Waals surface area contributed by atoms with Gasteiger partial charge in [-0.15, -0.1) is 0 Å². The van der Waals surface area contributed by atoms with E-state index in [1.807, 2.05) is 6.07 Å². The lowest BCUT2D eigenvalue weighted by molar-refractivity contribution is 0.673. The van der Waals surface area contributed by atoms with E-state index >= 15 is 0 Å². The summed E-state index contributed by atoms with van der Waals surface area (Å²) in [5.74, 6) is 0. The molecule has 7 aromatic carbocycles. The Morgan fingerprint density at radius 1 is 0.356 bits per heavy atom. The summed E-state index contributed by atoms with van der Waals surface area (Å²) >= 11 is 0. The topological polar surface area (TPSA) is 23.0 Å². The predicted octanol–water partition coefficient (Wildman–Crippen LogP) is 11.4. The largest absolute Gasteiger partial charge is 0.455 e. The van der Waals surface area contributed by atoms with Gasteiger partial charge >= 0.3 is 0 Å². The van der Waals surface area contributed by atoms with Crippen molar-refractivity contribution in [1.82, 2.24) is 9.13 Å². The van der Waals surface area contributed by atoms with Crippen LogP contribution in [0.3, 0.4) is 0 Å². The summed E-state index contributed by atoms with van der Waals surface area (Å²) < 4.78 is 11.4. The van der Waals surface area contributed by atoms with E-state index in [1.165, 1.54) is 38.3 Å². The van der Waals surface area contributed by atoms with Crippen molar-refractivity contribution in [1.29, 1.82) is 0 Å². The molecule has 0 N–H and O–H groups in total. The van der Waals surface area contributed by atoms with Crippen LogP contribution in [0.15, 0.2) is 162 Å². The van der Waals surface area contributed by atoms with Gasteiger partial charge < -0.3 is 13.6 Å². The Balaban J connectivity index is 1.32. The van der Waals surface area contributed by atoms with Crippen molar-refractivity contribution < 1.29 is 4.42 Å². The number of para-hydroxylation sites is 3. The van der Waals surface area contributed by atoms with Crippen LogP contribution in [0.2, 0.25) is 0 Å². The first kappa shape index (κ1) is 24.4. The van der Waals surface area contributed by atoms with Crippen LogP contribution in [-0.4, -0.2) is 9.13 Å². The highest BCUT2D eigenvalue weighted by atomic mass is 16.3. The van der Waals surface area contributed by atoms with Gasteiger partial charge in [0.1, 0.15) is 11.2 Å². The molecule has 0 saturated heterocycles. The Morgan fingerprint density at radius 2 is 1.02 bits per heavy atom. The molecule has 0 radical (unpaired) electrons. The van der Waals surface area contributed by atoms with Gasteiger partial charge in [0.15, 0.2) is 0 Å². The first-order valence-corrected chi connectivity index (χ1v) is 15.4. The molecule has 0 atom stereocenters. The number of rotatable bonds is 3. The van der Waals surface area contributed by atoms with E-state index in [2.05, 4.69) is 161 Å². The summed E-state index contributed by atoms with van der Waals surface area (Å²) in [5, 5.41) is 7.08. The number of hydrogen-bond acceptors (Lipinski definition) is 1. The van der Waals surface area contributed by atoms with Gasteiger partial charge in [-0.1, -0.05) is 97.1 Å². The van der Waals surface area contributed by atoms with Crippen LogP contribution in [0, 0.1) is 0 Å². The average molecular weight is 575 g/mol. The number of furan rings is 1. The second-order valence-corrected chi connectivity index (χ2v) is 11.8. The van der Waals surface area contributed by atoms with Crippen LogP contribution < -0.4 is 0 Å². The quantitative estimate of drug-likeness (QED) is 0.206. The van der Waals surface area contributed by atoms with E-state index in [0.717, 1.165) is 49.7 Å². The van der Waals surface area contributed by atoms with E-state index in [-0.39, 0.29) is 0 Å². The number of hydrogen-bond donors (Lipinski definition) is 0. The van der Waals surface area contributed by atoms with Gasteiger partial charge in [-0.25, -0.2) is 0 Å². The third-order valence-corrected chi connectivity index (χ3v) is 9.31. The molecule has 0 bridgehead atoms. The monoisotopic (exact) mass is 574 g/mol. The fourth-order valence-corrected chi connectivity index (χ4v) is 7.33. The first-order valence-electron chi connectivity index (χ1n) is 15.4. The van der Waals surface area contributed by atoms with E-state index in [0.29, 0.717) is 0 Å². The minimum absolute atomic E-state index is 0.914. The van der Waals surface area contributed by atoms with Crippen LogP contribution in [0.4, 0.5) is 0 Å². The van der Waals surface area contributed by atoms with Crippen molar-refractivity contribution in [2.45, 2.75) is 0 Å². The Labute approximate surface area is 258 Å². The standard InChI is InChI=1S/C42H26N2O/c1-3-11-27(12-4-1)28-19-21-34-39(25-28)44(38-24-22-33-32-16-8-10-18-40(32)45-42(33)41(34)38)30-20-23-37-35(26-30)31-15-7-9-17-36(31)43(37)29-13-5-2-6-14-29/h1-26H. The van der Waals surface area contributed by atoms with E-state index < -0.39 is 0 Å². The molecule has 3 aromatic heterocycles. The molecule has 0 fully saturated rings. The molecule has 210 valence electrons. The maximum absolute atomic E-state index is 6.60. The summed E-state index contributed by atoms with van der Waals surface area (Å²) in [5.41, 5.74) is 11.2. The molecule has 3 heterocycles. The Hall–Kier alpha value is -6.06. The van der Waals surface area contributed by atoms with Gasteiger partial charge in [0.05, 0.1) is 27.5 Å². The van der Waals surface area contributed by atoms with Crippen molar-refractivity contribution in [2.24, 2.45) is 0 Å². The summed E-state index contributed by atoms with van der Waals surface area (Å²) in [7, 11) is 0. The van der Waals surface area contributed by atoms with Gasteiger partial charge in [-0.3, -0.25) is 0 Å². The average Bonchev–Trinajstić information content (AvgIpc) is 3.76. The summed E-state index contributed by atoms with van der Waals surface area (Å²) in [6, 6.07) is 56.5. The SMILES string of the molecule is c1ccc(-c2ccc3c4c5oc6ccccc6c5ccc4n(-c4ccc5c(c4)c4ccccc4n5-c4ccccc4)c3c2)cc1. The molecule has 10 aromatic rings. The number of fused-ring (bicyclic) bond motifs is 10. The molecule has 0 saturated carbocycles. The third kappa shape index (κ3) is 3.46. The van der Waals surface area contributed by atoms with Crippen molar-refractivity contribution in [3.05, 3.63) is 158 Å². The van der Waals surface area contributed by atoms with E-state index in [4.69, 9.17) is 4.42 Å². The highest BCUT2D eigenvalue weighted by molar-refractivity contribution is 6.24. The molecular weight excluding hydrogens is 548 g/mol. The van der Waals surface area contributed by atoms with Gasteiger partial charge in [0.2, 0.25) is 0 Å². The Morgan fingerprint density at radius 3 is 1.89 bits per heavy atom. The fraction of sp³-hybridized carbons (Fsp3) is 0. The smallest absolute Gasteiger partial charge is 0.145 e. The molecule has 0 amide bonds. The zero-order chi connectivity index (χ0) is 29.5. The summed E-state index contributed by atoms with van der Waals surface area (Å²) in [6.45, 7) is 0. The zero-order valence-electron chi connectivity index (χ0n) is 24.3. The second-order valence-electron chi connectivity index (χ2n) is 11.8. The van der Waals surface area contributed by atoms with Crippen LogP contribution in [0.25, 0.3) is 88.1 Å². The molecule has 0 spiro atoms. The lowest BCUT2D eigenvalue weighted by atomic mass is 10.0. The molecule has 0 aliphatic carbocycles.